The van der Waals surface area contributed by atoms with E-state index < -0.39 is 0 Å². The fraction of sp³-hybridized carbons (Fsp3) is 0.143. The number of hydrogen-bond donors (Lipinski definition) is 3. The number of rotatable bonds is 3. The van der Waals surface area contributed by atoms with Gasteiger partial charge in [0, 0.05) is 11.6 Å². The molecule has 18 heavy (non-hydrogen) atoms. The van der Waals surface area contributed by atoms with Crippen molar-refractivity contribution in [1.29, 1.82) is 0 Å². The maximum Gasteiger partial charge on any atom is 0.124 e. The van der Waals surface area contributed by atoms with Gasteiger partial charge in [-0.05, 0) is 31.2 Å². The van der Waals surface area contributed by atoms with Gasteiger partial charge in [-0.25, -0.2) is 0 Å². The number of para-hydroxylation sites is 1. The first-order valence-corrected chi connectivity index (χ1v) is 5.98. The fourth-order valence-corrected chi connectivity index (χ4v) is 1.98. The molecule has 2 aromatic carbocycles. The van der Waals surface area contributed by atoms with Crippen molar-refractivity contribution >= 4 is 17.3 Å². The average Bonchev–Trinajstić information content (AvgIpc) is 2.32. The molecule has 0 aromatic heterocycles. The van der Waals surface area contributed by atoms with Crippen LogP contribution in [0.5, 0.6) is 11.5 Å². The van der Waals surface area contributed by atoms with Crippen LogP contribution in [0.1, 0.15) is 18.5 Å². The van der Waals surface area contributed by atoms with Crippen molar-refractivity contribution in [2.75, 3.05) is 5.32 Å². The van der Waals surface area contributed by atoms with Gasteiger partial charge < -0.3 is 15.5 Å². The van der Waals surface area contributed by atoms with Crippen molar-refractivity contribution in [3.8, 4) is 11.5 Å². The van der Waals surface area contributed by atoms with Gasteiger partial charge in [-0.3, -0.25) is 0 Å². The van der Waals surface area contributed by atoms with E-state index in [0.717, 1.165) is 5.69 Å². The molecule has 0 amide bonds. The number of anilines is 1. The zero-order valence-corrected chi connectivity index (χ0v) is 10.6. The van der Waals surface area contributed by atoms with Crippen LogP contribution >= 0.6 is 11.6 Å². The predicted octanol–water partition coefficient (Wildman–Crippen LogP) is 3.92. The second-order valence-corrected chi connectivity index (χ2v) is 4.50. The number of benzene rings is 2. The Bertz CT molecular complexity index is 557. The summed E-state index contributed by atoms with van der Waals surface area (Å²) in [6.45, 7) is 1.91. The summed E-state index contributed by atoms with van der Waals surface area (Å²) in [6.07, 6.45) is 0. The first-order valence-electron chi connectivity index (χ1n) is 5.61. The zero-order chi connectivity index (χ0) is 13.1. The van der Waals surface area contributed by atoms with Gasteiger partial charge in [-0.1, -0.05) is 23.7 Å². The highest BCUT2D eigenvalue weighted by atomic mass is 35.5. The van der Waals surface area contributed by atoms with E-state index in [2.05, 4.69) is 5.32 Å². The quantitative estimate of drug-likeness (QED) is 0.787. The topological polar surface area (TPSA) is 52.5 Å². The van der Waals surface area contributed by atoms with Gasteiger partial charge in [-0.2, -0.15) is 0 Å². The highest BCUT2D eigenvalue weighted by Gasteiger charge is 2.11. The molecule has 0 aliphatic rings. The maximum absolute atomic E-state index is 9.78. The highest BCUT2D eigenvalue weighted by Crippen LogP contribution is 2.31. The van der Waals surface area contributed by atoms with Crippen molar-refractivity contribution in [2.45, 2.75) is 13.0 Å². The summed E-state index contributed by atoms with van der Waals surface area (Å²) in [5, 5.41) is 22.9. The summed E-state index contributed by atoms with van der Waals surface area (Å²) in [5.41, 5.74) is 1.51. The van der Waals surface area contributed by atoms with Crippen LogP contribution in [-0.4, -0.2) is 10.2 Å². The Hall–Kier alpha value is -1.87. The van der Waals surface area contributed by atoms with Gasteiger partial charge in [0.2, 0.25) is 0 Å². The van der Waals surface area contributed by atoms with E-state index in [0.29, 0.717) is 10.6 Å². The lowest BCUT2D eigenvalue weighted by Crippen LogP contribution is -2.07. The van der Waals surface area contributed by atoms with Crippen molar-refractivity contribution in [2.24, 2.45) is 0 Å². The lowest BCUT2D eigenvalue weighted by atomic mass is 10.1. The molecule has 0 saturated heterocycles. The van der Waals surface area contributed by atoms with Crippen LogP contribution in [-0.2, 0) is 0 Å². The molecule has 0 saturated carbocycles. The second-order valence-electron chi connectivity index (χ2n) is 4.09. The first kappa shape index (κ1) is 12.6. The Kier molecular flexibility index (Phi) is 3.63. The summed E-state index contributed by atoms with van der Waals surface area (Å²) in [6, 6.07) is 11.8. The summed E-state index contributed by atoms with van der Waals surface area (Å²) in [5.74, 6) is 0.100. The summed E-state index contributed by atoms with van der Waals surface area (Å²) in [4.78, 5) is 0. The molecule has 3 N–H and O–H groups in total. The third-order valence-electron chi connectivity index (χ3n) is 2.73. The third kappa shape index (κ3) is 2.68. The van der Waals surface area contributed by atoms with Crippen LogP contribution in [0.3, 0.4) is 0 Å². The molecule has 0 bridgehead atoms. The molecule has 0 aliphatic carbocycles. The largest absolute Gasteiger partial charge is 0.508 e. The molecular formula is C14H14ClNO2. The second kappa shape index (κ2) is 5.19. The zero-order valence-electron chi connectivity index (χ0n) is 9.89. The van der Waals surface area contributed by atoms with Gasteiger partial charge in [0.25, 0.3) is 0 Å². The molecule has 2 rings (SSSR count). The Balaban J connectivity index is 2.22. The summed E-state index contributed by atoms with van der Waals surface area (Å²) in [7, 11) is 0. The number of halogens is 1. The van der Waals surface area contributed by atoms with Crippen LogP contribution in [0, 0.1) is 0 Å². The van der Waals surface area contributed by atoms with Crippen molar-refractivity contribution in [3.05, 3.63) is 53.1 Å². The molecule has 3 nitrogen and oxygen atoms in total. The number of aromatic hydroxyl groups is 2. The lowest BCUT2D eigenvalue weighted by Gasteiger charge is -2.17. The van der Waals surface area contributed by atoms with Crippen LogP contribution < -0.4 is 5.32 Å². The van der Waals surface area contributed by atoms with E-state index >= 15 is 0 Å². The minimum atomic E-state index is -0.120. The molecule has 1 atom stereocenters. The SMILES string of the molecule is CC(Nc1ccccc1Cl)c1ccc(O)cc1O. The smallest absolute Gasteiger partial charge is 0.124 e. The number of phenols is 2. The molecule has 94 valence electrons. The molecule has 0 heterocycles. The van der Waals surface area contributed by atoms with Crippen LogP contribution in [0.2, 0.25) is 5.02 Å². The van der Waals surface area contributed by atoms with E-state index in [1.54, 1.807) is 18.2 Å². The third-order valence-corrected chi connectivity index (χ3v) is 3.06. The lowest BCUT2D eigenvalue weighted by molar-refractivity contribution is 0.444. The molecule has 0 fully saturated rings. The van der Waals surface area contributed by atoms with Crippen LogP contribution in [0.15, 0.2) is 42.5 Å². The van der Waals surface area contributed by atoms with Crippen molar-refractivity contribution in [1.82, 2.24) is 0 Å². The standard InChI is InChI=1S/C14H14ClNO2/c1-9(11-7-6-10(17)8-14(11)18)16-13-5-3-2-4-12(13)15/h2-9,16-18H,1H3. The van der Waals surface area contributed by atoms with E-state index in [4.69, 9.17) is 11.6 Å². The normalized spacial score (nSPS) is 12.1. The van der Waals surface area contributed by atoms with Gasteiger partial charge in [-0.15, -0.1) is 0 Å². The minimum Gasteiger partial charge on any atom is -0.508 e. The molecule has 0 aliphatic heterocycles. The molecule has 1 unspecified atom stereocenters. The van der Waals surface area contributed by atoms with Crippen LogP contribution in [0.25, 0.3) is 0 Å². The minimum absolute atomic E-state index is 0.0428. The van der Waals surface area contributed by atoms with Gasteiger partial charge in [0.05, 0.1) is 16.8 Å². The first-order chi connectivity index (χ1) is 8.58. The summed E-state index contributed by atoms with van der Waals surface area (Å²) < 4.78 is 0. The van der Waals surface area contributed by atoms with E-state index in [-0.39, 0.29) is 17.5 Å². The van der Waals surface area contributed by atoms with Gasteiger partial charge >= 0.3 is 0 Å². The Morgan fingerprint density at radius 2 is 1.83 bits per heavy atom. The van der Waals surface area contributed by atoms with Gasteiger partial charge in [0.1, 0.15) is 11.5 Å². The molecular weight excluding hydrogens is 250 g/mol. The van der Waals surface area contributed by atoms with Gasteiger partial charge in [0.15, 0.2) is 0 Å². The summed E-state index contributed by atoms with van der Waals surface area (Å²) >= 11 is 6.06. The molecule has 4 heteroatoms. The number of nitrogens with one attached hydrogen (secondary N) is 1. The van der Waals surface area contributed by atoms with E-state index in [1.807, 2.05) is 25.1 Å². The van der Waals surface area contributed by atoms with Crippen LogP contribution in [0.4, 0.5) is 5.69 Å². The highest BCUT2D eigenvalue weighted by molar-refractivity contribution is 6.33. The Morgan fingerprint density at radius 1 is 1.11 bits per heavy atom. The Labute approximate surface area is 111 Å². The Morgan fingerprint density at radius 3 is 2.50 bits per heavy atom. The number of hydrogen-bond acceptors (Lipinski definition) is 3. The predicted molar refractivity (Wildman–Crippen MR) is 73.3 cm³/mol. The maximum atomic E-state index is 9.78. The van der Waals surface area contributed by atoms with E-state index in [1.165, 1.54) is 6.07 Å². The molecule has 0 spiro atoms. The average molecular weight is 264 g/mol. The number of phenolic OH excluding ortho intramolecular Hbond substituents is 2. The van der Waals surface area contributed by atoms with E-state index in [9.17, 15) is 10.2 Å². The van der Waals surface area contributed by atoms with Crippen molar-refractivity contribution < 1.29 is 10.2 Å². The monoisotopic (exact) mass is 263 g/mol. The fourth-order valence-electron chi connectivity index (χ4n) is 1.79. The molecule has 2 aromatic rings. The molecule has 0 radical (unpaired) electrons. The van der Waals surface area contributed by atoms with Crippen molar-refractivity contribution in [3.63, 3.8) is 0 Å².